The number of nitrogens with one attached hydrogen (secondary N) is 1. The van der Waals surface area contributed by atoms with E-state index in [-0.39, 0.29) is 5.56 Å². The molecule has 0 saturated heterocycles. The number of aromatic carboxylic acids is 1. The first kappa shape index (κ1) is 12.5. The van der Waals surface area contributed by atoms with Crippen LogP contribution in [-0.2, 0) is 0 Å². The number of hydrogen-bond donors (Lipinski definition) is 3. The fourth-order valence-corrected chi connectivity index (χ4v) is 1.62. The van der Waals surface area contributed by atoms with Gasteiger partial charge in [0.25, 0.3) is 0 Å². The van der Waals surface area contributed by atoms with E-state index in [1.165, 1.54) is 18.2 Å². The van der Waals surface area contributed by atoms with Crippen molar-refractivity contribution < 1.29 is 9.90 Å². The zero-order valence-electron chi connectivity index (χ0n) is 9.92. The quantitative estimate of drug-likeness (QED) is 0.730. The fourth-order valence-electron chi connectivity index (χ4n) is 1.62. The van der Waals surface area contributed by atoms with E-state index in [1.807, 2.05) is 6.07 Å². The molecular weight excluding hydrogens is 242 g/mol. The number of carboxylic acid groups (broad SMARTS) is 1. The van der Waals surface area contributed by atoms with Gasteiger partial charge in [-0.25, -0.2) is 4.79 Å². The third-order valence-corrected chi connectivity index (χ3v) is 2.57. The predicted octanol–water partition coefficient (Wildman–Crippen LogP) is 2.58. The monoisotopic (exact) mass is 253 g/mol. The van der Waals surface area contributed by atoms with Crippen LogP contribution in [0.4, 0.5) is 17.1 Å². The molecule has 0 unspecified atom stereocenters. The summed E-state index contributed by atoms with van der Waals surface area (Å²) in [6.07, 6.45) is 0. The summed E-state index contributed by atoms with van der Waals surface area (Å²) in [6, 6.07) is 13.3. The number of nitriles is 1. The normalized spacial score (nSPS) is 9.63. The second-order valence-electron chi connectivity index (χ2n) is 3.92. The Morgan fingerprint density at radius 2 is 2.05 bits per heavy atom. The van der Waals surface area contributed by atoms with Crippen LogP contribution < -0.4 is 11.1 Å². The Bertz CT molecular complexity index is 675. The summed E-state index contributed by atoms with van der Waals surface area (Å²) in [6.45, 7) is 0. The maximum atomic E-state index is 10.9. The van der Waals surface area contributed by atoms with Crippen molar-refractivity contribution in [1.29, 1.82) is 5.26 Å². The Morgan fingerprint density at radius 3 is 2.74 bits per heavy atom. The smallest absolute Gasteiger partial charge is 0.335 e. The summed E-state index contributed by atoms with van der Waals surface area (Å²) in [5.41, 5.74) is 8.05. The number of carbonyl (C=O) groups is 1. The molecule has 0 aliphatic carbocycles. The summed E-state index contributed by atoms with van der Waals surface area (Å²) in [5, 5.41) is 20.8. The number of benzene rings is 2. The number of rotatable bonds is 3. The minimum atomic E-state index is -1.02. The lowest BCUT2D eigenvalue weighted by Gasteiger charge is -2.10. The molecule has 2 rings (SSSR count). The minimum absolute atomic E-state index is 0.146. The van der Waals surface area contributed by atoms with E-state index in [0.717, 1.165) is 0 Å². The Kier molecular flexibility index (Phi) is 3.35. The van der Waals surface area contributed by atoms with E-state index in [0.29, 0.717) is 22.6 Å². The van der Waals surface area contributed by atoms with Gasteiger partial charge in [-0.3, -0.25) is 0 Å². The van der Waals surface area contributed by atoms with Crippen molar-refractivity contribution in [3.8, 4) is 6.07 Å². The molecule has 0 amide bonds. The van der Waals surface area contributed by atoms with Gasteiger partial charge in [0.05, 0.1) is 28.6 Å². The van der Waals surface area contributed by atoms with Gasteiger partial charge in [0, 0.05) is 5.69 Å². The van der Waals surface area contributed by atoms with Gasteiger partial charge in [-0.05, 0) is 36.4 Å². The van der Waals surface area contributed by atoms with Crippen LogP contribution in [0.25, 0.3) is 0 Å². The zero-order valence-corrected chi connectivity index (χ0v) is 9.92. The van der Waals surface area contributed by atoms with E-state index in [4.69, 9.17) is 16.1 Å². The highest BCUT2D eigenvalue weighted by molar-refractivity contribution is 5.91. The van der Waals surface area contributed by atoms with Gasteiger partial charge >= 0.3 is 5.97 Å². The molecule has 0 spiro atoms. The molecule has 94 valence electrons. The molecule has 2 aromatic carbocycles. The Morgan fingerprint density at radius 1 is 1.26 bits per heavy atom. The highest BCUT2D eigenvalue weighted by Gasteiger charge is 2.07. The van der Waals surface area contributed by atoms with Gasteiger partial charge in [-0.1, -0.05) is 6.07 Å². The largest absolute Gasteiger partial charge is 0.478 e. The van der Waals surface area contributed by atoms with Crippen molar-refractivity contribution in [1.82, 2.24) is 0 Å². The van der Waals surface area contributed by atoms with Crippen LogP contribution in [0, 0.1) is 11.3 Å². The molecule has 0 saturated carbocycles. The Hall–Kier alpha value is -3.00. The van der Waals surface area contributed by atoms with E-state index >= 15 is 0 Å². The van der Waals surface area contributed by atoms with Crippen LogP contribution in [0.3, 0.4) is 0 Å². The van der Waals surface area contributed by atoms with Crippen LogP contribution in [0.2, 0.25) is 0 Å². The van der Waals surface area contributed by atoms with E-state index in [2.05, 4.69) is 5.32 Å². The number of nitrogens with two attached hydrogens (primary N) is 1. The maximum absolute atomic E-state index is 10.9. The first-order chi connectivity index (χ1) is 9.10. The maximum Gasteiger partial charge on any atom is 0.335 e. The molecule has 4 N–H and O–H groups in total. The van der Waals surface area contributed by atoms with Gasteiger partial charge in [0.2, 0.25) is 0 Å². The van der Waals surface area contributed by atoms with E-state index < -0.39 is 5.97 Å². The number of carboxylic acids is 1. The third-order valence-electron chi connectivity index (χ3n) is 2.57. The molecule has 0 aliphatic rings. The molecule has 0 heterocycles. The van der Waals surface area contributed by atoms with Gasteiger partial charge in [0.1, 0.15) is 0 Å². The lowest BCUT2D eigenvalue weighted by Crippen LogP contribution is -2.01. The van der Waals surface area contributed by atoms with Crippen LogP contribution >= 0.6 is 0 Å². The second-order valence-corrected chi connectivity index (χ2v) is 3.92. The van der Waals surface area contributed by atoms with Crippen molar-refractivity contribution in [2.24, 2.45) is 0 Å². The molecule has 2 aromatic rings. The number of anilines is 3. The topological polar surface area (TPSA) is 99.1 Å². The zero-order chi connectivity index (χ0) is 13.8. The van der Waals surface area contributed by atoms with Crippen molar-refractivity contribution in [2.75, 3.05) is 11.1 Å². The van der Waals surface area contributed by atoms with Crippen molar-refractivity contribution in [2.45, 2.75) is 0 Å². The molecule has 0 radical (unpaired) electrons. The standard InChI is InChI=1S/C14H11N3O2/c15-8-9-2-1-3-11(6-9)17-13-7-10(14(18)19)4-5-12(13)16/h1-7,17H,16H2,(H,18,19). The molecule has 0 aromatic heterocycles. The summed E-state index contributed by atoms with van der Waals surface area (Å²) in [7, 11) is 0. The Balaban J connectivity index is 2.34. The third kappa shape index (κ3) is 2.82. The molecule has 19 heavy (non-hydrogen) atoms. The first-order valence-corrected chi connectivity index (χ1v) is 5.50. The summed E-state index contributed by atoms with van der Waals surface area (Å²) in [4.78, 5) is 10.9. The SMILES string of the molecule is N#Cc1cccc(Nc2cc(C(=O)O)ccc2N)c1. The molecular formula is C14H11N3O2. The van der Waals surface area contributed by atoms with Crippen LogP contribution in [0.1, 0.15) is 15.9 Å². The molecule has 5 heteroatoms. The molecule has 0 atom stereocenters. The van der Waals surface area contributed by atoms with Gasteiger partial charge in [-0.15, -0.1) is 0 Å². The second kappa shape index (κ2) is 5.10. The summed E-state index contributed by atoms with van der Waals surface area (Å²) >= 11 is 0. The van der Waals surface area contributed by atoms with Crippen molar-refractivity contribution in [3.63, 3.8) is 0 Å². The van der Waals surface area contributed by atoms with E-state index in [1.54, 1.807) is 24.3 Å². The number of nitrogens with zero attached hydrogens (tertiary/aromatic N) is 1. The average molecular weight is 253 g/mol. The predicted molar refractivity (Wildman–Crippen MR) is 72.3 cm³/mol. The average Bonchev–Trinajstić information content (AvgIpc) is 2.41. The van der Waals surface area contributed by atoms with Crippen molar-refractivity contribution >= 4 is 23.0 Å². The van der Waals surface area contributed by atoms with Gasteiger partial charge < -0.3 is 16.2 Å². The van der Waals surface area contributed by atoms with Crippen LogP contribution in [0.15, 0.2) is 42.5 Å². The molecule has 0 fully saturated rings. The molecule has 0 bridgehead atoms. The fraction of sp³-hybridized carbons (Fsp3) is 0. The van der Waals surface area contributed by atoms with E-state index in [9.17, 15) is 4.79 Å². The molecule has 5 nitrogen and oxygen atoms in total. The lowest BCUT2D eigenvalue weighted by atomic mass is 10.1. The Labute approximate surface area is 109 Å². The number of nitrogen functional groups attached to an aromatic ring is 1. The lowest BCUT2D eigenvalue weighted by molar-refractivity contribution is 0.0697. The van der Waals surface area contributed by atoms with Crippen LogP contribution in [0.5, 0.6) is 0 Å². The van der Waals surface area contributed by atoms with Gasteiger partial charge in [-0.2, -0.15) is 5.26 Å². The summed E-state index contributed by atoms with van der Waals surface area (Å²) < 4.78 is 0. The molecule has 0 aliphatic heterocycles. The highest BCUT2D eigenvalue weighted by atomic mass is 16.4. The minimum Gasteiger partial charge on any atom is -0.478 e. The van der Waals surface area contributed by atoms with Crippen molar-refractivity contribution in [3.05, 3.63) is 53.6 Å². The number of hydrogen-bond acceptors (Lipinski definition) is 4. The highest BCUT2D eigenvalue weighted by Crippen LogP contribution is 2.24. The van der Waals surface area contributed by atoms with Crippen LogP contribution in [-0.4, -0.2) is 11.1 Å². The summed E-state index contributed by atoms with van der Waals surface area (Å²) in [5.74, 6) is -1.02. The van der Waals surface area contributed by atoms with Gasteiger partial charge in [0.15, 0.2) is 0 Å². The first-order valence-electron chi connectivity index (χ1n) is 5.50.